The predicted molar refractivity (Wildman–Crippen MR) is 95.8 cm³/mol. The number of nitrogens with one attached hydrogen (secondary N) is 1. The lowest BCUT2D eigenvalue weighted by Gasteiger charge is -2.26. The number of halogens is 1. The van der Waals surface area contributed by atoms with Crippen LogP contribution in [0.25, 0.3) is 6.08 Å². The van der Waals surface area contributed by atoms with E-state index in [1.54, 1.807) is 12.1 Å². The highest BCUT2D eigenvalue weighted by Crippen LogP contribution is 2.26. The SMILES string of the molecule is CN(C)C(CNC(=O)C1=Cc2ccccc2OC1)c1ccc(F)cc1. The molecule has 1 atom stereocenters. The Morgan fingerprint density at radius 2 is 1.92 bits per heavy atom. The first-order valence-electron chi connectivity index (χ1n) is 8.17. The molecule has 3 rings (SSSR count). The van der Waals surface area contributed by atoms with Crippen LogP contribution in [0.1, 0.15) is 17.2 Å². The zero-order valence-electron chi connectivity index (χ0n) is 14.3. The second kappa shape index (κ2) is 7.49. The normalized spacial score (nSPS) is 14.3. The van der Waals surface area contributed by atoms with Gasteiger partial charge in [0.25, 0.3) is 5.91 Å². The zero-order chi connectivity index (χ0) is 17.8. The van der Waals surface area contributed by atoms with Gasteiger partial charge in [-0.25, -0.2) is 4.39 Å². The second-order valence-corrected chi connectivity index (χ2v) is 6.24. The minimum Gasteiger partial charge on any atom is -0.488 e. The standard InChI is InChI=1S/C20H21FN2O2/c1-23(2)18(14-7-9-17(21)10-8-14)12-22-20(24)16-11-15-5-3-4-6-19(15)25-13-16/h3-11,18H,12-13H2,1-2H3,(H,22,24). The van der Waals surface area contributed by atoms with Crippen molar-refractivity contribution in [2.45, 2.75) is 6.04 Å². The molecule has 0 bridgehead atoms. The molecular weight excluding hydrogens is 319 g/mol. The average molecular weight is 340 g/mol. The van der Waals surface area contributed by atoms with Crippen molar-refractivity contribution in [2.75, 3.05) is 27.2 Å². The molecule has 1 heterocycles. The Hall–Kier alpha value is -2.66. The molecular formula is C20H21FN2O2. The highest BCUT2D eigenvalue weighted by atomic mass is 19.1. The van der Waals surface area contributed by atoms with Crippen molar-refractivity contribution in [3.63, 3.8) is 0 Å². The maximum Gasteiger partial charge on any atom is 0.250 e. The van der Waals surface area contributed by atoms with Gasteiger partial charge >= 0.3 is 0 Å². The number of fused-ring (bicyclic) bond motifs is 1. The Morgan fingerprint density at radius 1 is 1.20 bits per heavy atom. The summed E-state index contributed by atoms with van der Waals surface area (Å²) >= 11 is 0. The average Bonchev–Trinajstić information content (AvgIpc) is 2.62. The van der Waals surface area contributed by atoms with Gasteiger partial charge in [-0.3, -0.25) is 4.79 Å². The molecule has 2 aromatic carbocycles. The van der Waals surface area contributed by atoms with E-state index in [1.165, 1.54) is 12.1 Å². The van der Waals surface area contributed by atoms with E-state index in [-0.39, 0.29) is 24.4 Å². The van der Waals surface area contributed by atoms with E-state index in [4.69, 9.17) is 4.74 Å². The summed E-state index contributed by atoms with van der Waals surface area (Å²) in [7, 11) is 3.86. The van der Waals surface area contributed by atoms with Crippen molar-refractivity contribution in [3.8, 4) is 5.75 Å². The summed E-state index contributed by atoms with van der Waals surface area (Å²) in [5, 5.41) is 2.96. The number of carbonyl (C=O) groups is 1. The number of nitrogens with zero attached hydrogens (tertiary/aromatic N) is 1. The zero-order valence-corrected chi connectivity index (χ0v) is 14.3. The summed E-state index contributed by atoms with van der Waals surface area (Å²) < 4.78 is 18.8. The number of ether oxygens (including phenoxy) is 1. The fourth-order valence-corrected chi connectivity index (χ4v) is 2.83. The number of rotatable bonds is 5. The number of carbonyl (C=O) groups excluding carboxylic acids is 1. The second-order valence-electron chi connectivity index (χ2n) is 6.24. The molecule has 0 spiro atoms. The number of hydrogen-bond donors (Lipinski definition) is 1. The lowest BCUT2D eigenvalue weighted by molar-refractivity contribution is -0.118. The summed E-state index contributed by atoms with van der Waals surface area (Å²) in [4.78, 5) is 14.5. The van der Waals surface area contributed by atoms with Crippen LogP contribution in [0.15, 0.2) is 54.1 Å². The third-order valence-corrected chi connectivity index (χ3v) is 4.26. The fraction of sp³-hybridized carbons (Fsp3) is 0.250. The van der Waals surface area contributed by atoms with Crippen LogP contribution in [-0.4, -0.2) is 38.1 Å². The summed E-state index contributed by atoms with van der Waals surface area (Å²) in [5.74, 6) is 0.369. The third-order valence-electron chi connectivity index (χ3n) is 4.26. The molecule has 0 fully saturated rings. The van der Waals surface area contributed by atoms with Crippen LogP contribution in [0.5, 0.6) is 5.75 Å². The van der Waals surface area contributed by atoms with Crippen molar-refractivity contribution < 1.29 is 13.9 Å². The van der Waals surface area contributed by atoms with Crippen LogP contribution in [0.3, 0.4) is 0 Å². The maximum absolute atomic E-state index is 13.1. The molecule has 130 valence electrons. The van der Waals surface area contributed by atoms with E-state index in [2.05, 4.69) is 5.32 Å². The molecule has 25 heavy (non-hydrogen) atoms. The summed E-state index contributed by atoms with van der Waals surface area (Å²) in [6.45, 7) is 0.683. The molecule has 1 aliphatic heterocycles. The Labute approximate surface area is 146 Å². The van der Waals surface area contributed by atoms with E-state index in [9.17, 15) is 9.18 Å². The molecule has 0 radical (unpaired) electrons. The third kappa shape index (κ3) is 4.06. The van der Waals surface area contributed by atoms with Gasteiger partial charge in [0.05, 0.1) is 11.6 Å². The van der Waals surface area contributed by atoms with Crippen LogP contribution in [0, 0.1) is 5.82 Å². The van der Waals surface area contributed by atoms with Crippen LogP contribution < -0.4 is 10.1 Å². The van der Waals surface area contributed by atoms with Crippen molar-refractivity contribution in [1.82, 2.24) is 10.2 Å². The lowest BCUT2D eigenvalue weighted by atomic mass is 10.0. The number of likely N-dealkylation sites (N-methyl/N-ethyl adjacent to an activating group) is 1. The monoisotopic (exact) mass is 340 g/mol. The van der Waals surface area contributed by atoms with Crippen molar-refractivity contribution in [1.29, 1.82) is 0 Å². The predicted octanol–water partition coefficient (Wildman–Crippen LogP) is 3.02. The van der Waals surface area contributed by atoms with Crippen LogP contribution in [-0.2, 0) is 4.79 Å². The summed E-state index contributed by atoms with van der Waals surface area (Å²) in [5.41, 5.74) is 2.45. The van der Waals surface area contributed by atoms with Crippen molar-refractivity contribution in [2.24, 2.45) is 0 Å². The quantitative estimate of drug-likeness (QED) is 0.910. The first kappa shape index (κ1) is 17.2. The van der Waals surface area contributed by atoms with E-state index in [1.807, 2.05) is 49.3 Å². The molecule has 0 aromatic heterocycles. The smallest absolute Gasteiger partial charge is 0.250 e. The minimum atomic E-state index is -0.270. The lowest BCUT2D eigenvalue weighted by Crippen LogP contribution is -2.36. The van der Waals surface area contributed by atoms with Gasteiger partial charge in [-0.1, -0.05) is 30.3 Å². The van der Waals surface area contributed by atoms with Crippen LogP contribution in [0.4, 0.5) is 4.39 Å². The molecule has 1 aliphatic rings. The number of hydrogen-bond acceptors (Lipinski definition) is 3. The number of amides is 1. The first-order valence-corrected chi connectivity index (χ1v) is 8.17. The van der Waals surface area contributed by atoms with E-state index in [0.29, 0.717) is 12.1 Å². The highest BCUT2D eigenvalue weighted by Gasteiger charge is 2.19. The van der Waals surface area contributed by atoms with Gasteiger partial charge in [-0.2, -0.15) is 0 Å². The van der Waals surface area contributed by atoms with Crippen molar-refractivity contribution >= 4 is 12.0 Å². The number of para-hydroxylation sites is 1. The van der Waals surface area contributed by atoms with E-state index in [0.717, 1.165) is 16.9 Å². The molecule has 1 amide bonds. The fourth-order valence-electron chi connectivity index (χ4n) is 2.83. The van der Waals surface area contributed by atoms with Gasteiger partial charge in [0.2, 0.25) is 0 Å². The van der Waals surface area contributed by atoms with Crippen LogP contribution >= 0.6 is 0 Å². The molecule has 0 saturated heterocycles. The van der Waals surface area contributed by atoms with Crippen molar-refractivity contribution in [3.05, 3.63) is 71.0 Å². The molecule has 1 N–H and O–H groups in total. The van der Waals surface area contributed by atoms with Gasteiger partial charge in [-0.15, -0.1) is 0 Å². The summed E-state index contributed by atoms with van der Waals surface area (Å²) in [6.07, 6.45) is 1.86. The Balaban J connectivity index is 1.68. The molecule has 1 unspecified atom stereocenters. The van der Waals surface area contributed by atoms with Gasteiger partial charge in [0.1, 0.15) is 18.2 Å². The van der Waals surface area contributed by atoms with Crippen LogP contribution in [0.2, 0.25) is 0 Å². The largest absolute Gasteiger partial charge is 0.488 e. The molecule has 5 heteroatoms. The van der Waals surface area contributed by atoms with Gasteiger partial charge in [0.15, 0.2) is 0 Å². The maximum atomic E-state index is 13.1. The Kier molecular flexibility index (Phi) is 5.14. The molecule has 0 saturated carbocycles. The Morgan fingerprint density at radius 3 is 2.64 bits per heavy atom. The Bertz CT molecular complexity index is 785. The molecule has 4 nitrogen and oxygen atoms in total. The van der Waals surface area contributed by atoms with E-state index >= 15 is 0 Å². The van der Waals surface area contributed by atoms with Gasteiger partial charge in [0, 0.05) is 12.1 Å². The highest BCUT2D eigenvalue weighted by molar-refractivity contribution is 5.99. The summed E-state index contributed by atoms with van der Waals surface area (Å²) in [6, 6.07) is 13.9. The molecule has 2 aromatic rings. The van der Waals surface area contributed by atoms with E-state index < -0.39 is 0 Å². The number of benzene rings is 2. The van der Waals surface area contributed by atoms with Gasteiger partial charge in [-0.05, 0) is 43.9 Å². The molecule has 0 aliphatic carbocycles. The van der Waals surface area contributed by atoms with Gasteiger partial charge < -0.3 is 15.0 Å². The topological polar surface area (TPSA) is 41.6 Å². The first-order chi connectivity index (χ1) is 12.0. The minimum absolute atomic E-state index is 0.0399.